The van der Waals surface area contributed by atoms with Crippen molar-refractivity contribution in [1.29, 1.82) is 0 Å². The first-order valence-electron chi connectivity index (χ1n) is 8.31. The van der Waals surface area contributed by atoms with Crippen LogP contribution in [0.3, 0.4) is 0 Å². The Morgan fingerprint density at radius 2 is 1.73 bits per heavy atom. The number of benzene rings is 2. The molecule has 1 amide bonds. The van der Waals surface area contributed by atoms with Gasteiger partial charge in [-0.1, -0.05) is 32.9 Å². The molecule has 2 N–H and O–H groups in total. The van der Waals surface area contributed by atoms with E-state index >= 15 is 0 Å². The van der Waals surface area contributed by atoms with E-state index in [0.717, 1.165) is 5.56 Å². The van der Waals surface area contributed by atoms with Gasteiger partial charge in [0.2, 0.25) is 0 Å². The zero-order valence-corrected chi connectivity index (χ0v) is 16.0. The van der Waals surface area contributed by atoms with Crippen LogP contribution in [0.5, 0.6) is 5.75 Å². The normalized spacial score (nSPS) is 17.1. The molecule has 1 heterocycles. The molecule has 2 aromatic carbocycles. The molecule has 1 unspecified atom stereocenters. The fraction of sp³-hybridized carbons (Fsp3) is 0.316. The van der Waals surface area contributed by atoms with Gasteiger partial charge in [-0.15, -0.1) is 0 Å². The van der Waals surface area contributed by atoms with Gasteiger partial charge < -0.3 is 10.1 Å². The maximum absolute atomic E-state index is 12.6. The number of hydrogen-bond acceptors (Lipinski definition) is 4. The van der Waals surface area contributed by atoms with Crippen LogP contribution in [0.25, 0.3) is 0 Å². The average Bonchev–Trinajstić information content (AvgIpc) is 2.55. The first-order valence-corrected chi connectivity index (χ1v) is 9.79. The van der Waals surface area contributed by atoms with Crippen LogP contribution in [0.1, 0.15) is 33.3 Å². The summed E-state index contributed by atoms with van der Waals surface area (Å²) >= 11 is 0. The molecule has 7 heteroatoms. The van der Waals surface area contributed by atoms with Crippen LogP contribution >= 0.6 is 0 Å². The molecule has 0 aliphatic carbocycles. The molecule has 3 rings (SSSR count). The number of sulfonamides is 1. The van der Waals surface area contributed by atoms with Gasteiger partial charge in [0, 0.05) is 0 Å². The molecule has 0 spiro atoms. The monoisotopic (exact) mass is 374 g/mol. The predicted octanol–water partition coefficient (Wildman–Crippen LogP) is 3.50. The number of rotatable bonds is 3. The Bertz CT molecular complexity index is 944. The summed E-state index contributed by atoms with van der Waals surface area (Å²) in [7, 11) is -3.73. The molecule has 6 nitrogen and oxygen atoms in total. The standard InChI is InChI=1S/C19H22N2O4S/c1-12-18(22)20-16-11-14(7-10-17(16)25-12)21-26(23,24)15-8-5-13(6-9-15)19(2,3)4/h5-12,21H,1-4H3,(H,20,22). The van der Waals surface area contributed by atoms with Gasteiger partial charge >= 0.3 is 0 Å². The fourth-order valence-corrected chi connectivity index (χ4v) is 3.67. The molecule has 1 atom stereocenters. The number of fused-ring (bicyclic) bond motifs is 1. The SMILES string of the molecule is CC1Oc2ccc(NS(=O)(=O)c3ccc(C(C)(C)C)cc3)cc2NC1=O. The lowest BCUT2D eigenvalue weighted by Crippen LogP contribution is -2.34. The third kappa shape index (κ3) is 3.67. The summed E-state index contributed by atoms with van der Waals surface area (Å²) in [5.41, 5.74) is 1.79. The van der Waals surface area contributed by atoms with E-state index in [2.05, 4.69) is 30.8 Å². The van der Waals surface area contributed by atoms with E-state index in [9.17, 15) is 13.2 Å². The van der Waals surface area contributed by atoms with E-state index in [1.165, 1.54) is 0 Å². The zero-order valence-electron chi connectivity index (χ0n) is 15.2. The number of hydrogen-bond donors (Lipinski definition) is 2. The minimum absolute atomic E-state index is 0.0520. The Hall–Kier alpha value is -2.54. The summed E-state index contributed by atoms with van der Waals surface area (Å²) in [6.07, 6.45) is -0.577. The molecule has 2 aromatic rings. The predicted molar refractivity (Wildman–Crippen MR) is 101 cm³/mol. The number of amides is 1. The Morgan fingerprint density at radius 1 is 1.08 bits per heavy atom. The van der Waals surface area contributed by atoms with Crippen molar-refractivity contribution < 1.29 is 17.9 Å². The van der Waals surface area contributed by atoms with Crippen LogP contribution in [0, 0.1) is 0 Å². The lowest BCUT2D eigenvalue weighted by molar-refractivity contribution is -0.122. The maximum atomic E-state index is 12.6. The number of ether oxygens (including phenoxy) is 1. The molecule has 0 fully saturated rings. The second-order valence-corrected chi connectivity index (χ2v) is 9.02. The Morgan fingerprint density at radius 3 is 2.35 bits per heavy atom. The summed E-state index contributed by atoms with van der Waals surface area (Å²) < 4.78 is 33.2. The van der Waals surface area contributed by atoms with Crippen molar-refractivity contribution in [2.45, 2.75) is 44.1 Å². The van der Waals surface area contributed by atoms with E-state index in [4.69, 9.17) is 4.74 Å². The van der Waals surface area contributed by atoms with Crippen molar-refractivity contribution in [2.24, 2.45) is 0 Å². The first kappa shape index (κ1) is 18.3. The molecule has 0 aromatic heterocycles. The molecule has 0 bridgehead atoms. The molecule has 1 aliphatic rings. The van der Waals surface area contributed by atoms with Crippen LogP contribution in [0.15, 0.2) is 47.4 Å². The van der Waals surface area contributed by atoms with E-state index in [1.807, 2.05) is 12.1 Å². The molecular weight excluding hydrogens is 352 g/mol. The van der Waals surface area contributed by atoms with Crippen LogP contribution in [0.2, 0.25) is 0 Å². The van der Waals surface area contributed by atoms with E-state index in [1.54, 1.807) is 37.3 Å². The zero-order chi connectivity index (χ0) is 19.1. The van der Waals surface area contributed by atoms with Crippen LogP contribution < -0.4 is 14.8 Å². The number of carbonyl (C=O) groups excluding carboxylic acids is 1. The van der Waals surface area contributed by atoms with Gasteiger partial charge in [-0.3, -0.25) is 9.52 Å². The van der Waals surface area contributed by atoms with Gasteiger partial charge in [0.1, 0.15) is 5.75 Å². The summed E-state index contributed by atoms with van der Waals surface area (Å²) in [6.45, 7) is 7.85. The minimum Gasteiger partial charge on any atom is -0.479 e. The summed E-state index contributed by atoms with van der Waals surface area (Å²) in [5, 5.41) is 2.70. The second-order valence-electron chi connectivity index (χ2n) is 7.34. The van der Waals surface area contributed by atoms with Gasteiger partial charge in [-0.2, -0.15) is 0 Å². The quantitative estimate of drug-likeness (QED) is 0.861. The van der Waals surface area contributed by atoms with Crippen LogP contribution in [0.4, 0.5) is 11.4 Å². The Balaban J connectivity index is 1.84. The van der Waals surface area contributed by atoms with Gasteiger partial charge in [-0.25, -0.2) is 8.42 Å². The fourth-order valence-electron chi connectivity index (χ4n) is 2.62. The minimum atomic E-state index is -3.73. The van der Waals surface area contributed by atoms with Gasteiger partial charge in [0.05, 0.1) is 16.3 Å². The molecule has 0 saturated carbocycles. The number of anilines is 2. The second kappa shape index (κ2) is 6.32. The van der Waals surface area contributed by atoms with E-state index < -0.39 is 16.1 Å². The number of nitrogens with one attached hydrogen (secondary N) is 2. The molecular formula is C19H22N2O4S. The largest absolute Gasteiger partial charge is 0.479 e. The lowest BCUT2D eigenvalue weighted by Gasteiger charge is -2.23. The maximum Gasteiger partial charge on any atom is 0.265 e. The summed E-state index contributed by atoms with van der Waals surface area (Å²) in [6, 6.07) is 11.6. The first-order chi connectivity index (χ1) is 12.1. The van der Waals surface area contributed by atoms with E-state index in [-0.39, 0.29) is 16.2 Å². The molecule has 138 valence electrons. The number of carbonyl (C=O) groups is 1. The summed E-state index contributed by atoms with van der Waals surface area (Å²) in [5.74, 6) is 0.241. The highest BCUT2D eigenvalue weighted by molar-refractivity contribution is 7.92. The molecule has 0 saturated heterocycles. The van der Waals surface area contributed by atoms with E-state index in [0.29, 0.717) is 17.1 Å². The van der Waals surface area contributed by atoms with Crippen molar-refractivity contribution in [3.8, 4) is 5.75 Å². The summed E-state index contributed by atoms with van der Waals surface area (Å²) in [4.78, 5) is 11.9. The van der Waals surface area contributed by atoms with Gasteiger partial charge in [0.25, 0.3) is 15.9 Å². The molecule has 1 aliphatic heterocycles. The highest BCUT2D eigenvalue weighted by Crippen LogP contribution is 2.33. The Kier molecular flexibility index (Phi) is 4.44. The highest BCUT2D eigenvalue weighted by atomic mass is 32.2. The van der Waals surface area contributed by atoms with Crippen LogP contribution in [-0.2, 0) is 20.2 Å². The molecule has 0 radical (unpaired) electrons. The topological polar surface area (TPSA) is 84.5 Å². The van der Waals surface area contributed by atoms with Gasteiger partial charge in [0.15, 0.2) is 6.10 Å². The molecule has 26 heavy (non-hydrogen) atoms. The average molecular weight is 374 g/mol. The van der Waals surface area contributed by atoms with Crippen molar-refractivity contribution in [3.63, 3.8) is 0 Å². The van der Waals surface area contributed by atoms with Crippen molar-refractivity contribution >= 4 is 27.3 Å². The van der Waals surface area contributed by atoms with Crippen molar-refractivity contribution in [2.75, 3.05) is 10.0 Å². The van der Waals surface area contributed by atoms with Gasteiger partial charge in [-0.05, 0) is 48.2 Å². The van der Waals surface area contributed by atoms with Crippen LogP contribution in [-0.4, -0.2) is 20.4 Å². The lowest BCUT2D eigenvalue weighted by atomic mass is 9.87. The van der Waals surface area contributed by atoms with Crippen molar-refractivity contribution in [1.82, 2.24) is 0 Å². The Labute approximate surface area is 153 Å². The van der Waals surface area contributed by atoms with Crippen molar-refractivity contribution in [3.05, 3.63) is 48.0 Å². The smallest absolute Gasteiger partial charge is 0.265 e. The highest BCUT2D eigenvalue weighted by Gasteiger charge is 2.24. The third-order valence-electron chi connectivity index (χ3n) is 4.19. The third-order valence-corrected chi connectivity index (χ3v) is 5.59.